The molecule has 7 nitrogen and oxygen atoms in total. The summed E-state index contributed by atoms with van der Waals surface area (Å²) in [7, 11) is 1.57. The predicted octanol–water partition coefficient (Wildman–Crippen LogP) is 4.80. The van der Waals surface area contributed by atoms with Crippen molar-refractivity contribution in [1.29, 1.82) is 0 Å². The Morgan fingerprint density at radius 1 is 1.00 bits per heavy atom. The topological polar surface area (TPSA) is 90.1 Å². The summed E-state index contributed by atoms with van der Waals surface area (Å²) in [6.07, 6.45) is 1.65. The van der Waals surface area contributed by atoms with Gasteiger partial charge in [0.25, 0.3) is 5.56 Å². The summed E-state index contributed by atoms with van der Waals surface area (Å²) < 4.78 is 13.4. The number of ether oxygens (including phenoxy) is 2. The van der Waals surface area contributed by atoms with Crippen LogP contribution in [0.15, 0.2) is 106 Å². The zero-order valence-corrected chi connectivity index (χ0v) is 23.2. The molecule has 1 aromatic heterocycles. The van der Waals surface area contributed by atoms with Crippen molar-refractivity contribution < 1.29 is 19.4 Å². The summed E-state index contributed by atoms with van der Waals surface area (Å²) in [5.41, 5.74) is 2.22. The molecule has 1 atom stereocenters. The molecule has 204 valence electrons. The molecule has 0 aliphatic carbocycles. The average molecular weight is 563 g/mol. The number of rotatable bonds is 6. The van der Waals surface area contributed by atoms with Crippen molar-refractivity contribution in [2.45, 2.75) is 13.0 Å². The number of phenols is 1. The first-order valence-corrected chi connectivity index (χ1v) is 14.0. The van der Waals surface area contributed by atoms with Gasteiger partial charge in [0.1, 0.15) is 17.5 Å². The van der Waals surface area contributed by atoms with Gasteiger partial charge in [0.05, 0.1) is 29.5 Å². The molecule has 1 aliphatic rings. The minimum atomic E-state index is -0.895. The highest BCUT2D eigenvalue weighted by molar-refractivity contribution is 7.07. The fraction of sp³-hybridized carbons (Fsp3) is 0.121. The van der Waals surface area contributed by atoms with Crippen LogP contribution in [0.25, 0.3) is 22.5 Å². The second-order valence-electron chi connectivity index (χ2n) is 9.39. The molecule has 0 saturated heterocycles. The van der Waals surface area contributed by atoms with Gasteiger partial charge in [-0.3, -0.25) is 9.36 Å². The lowest BCUT2D eigenvalue weighted by Crippen LogP contribution is -2.40. The quantitative estimate of drug-likeness (QED) is 0.300. The summed E-state index contributed by atoms with van der Waals surface area (Å²) in [6, 6.07) is 26.9. The standard InChI is InChI=1S/C33H26N2O5S/c1-3-40-32(38)28-29(21-12-5-4-6-13-21)34-33-35(31(37)26(41-33)19-22-14-8-10-16-24(22)36)30(28)27-23-15-9-7-11-20(23)17-18-25(27)39-2/h4-19,30,36H,3H2,1-2H3/b26-19+. The molecule has 41 heavy (non-hydrogen) atoms. The molecule has 1 N–H and O–H groups in total. The number of hydrogen-bond acceptors (Lipinski definition) is 7. The first-order chi connectivity index (χ1) is 20.0. The van der Waals surface area contributed by atoms with Gasteiger partial charge in [0.2, 0.25) is 0 Å². The molecule has 4 aromatic carbocycles. The maximum absolute atomic E-state index is 14.2. The van der Waals surface area contributed by atoms with Gasteiger partial charge in [-0.05, 0) is 35.9 Å². The van der Waals surface area contributed by atoms with Crippen molar-refractivity contribution in [3.63, 3.8) is 0 Å². The van der Waals surface area contributed by atoms with Crippen molar-refractivity contribution in [3.8, 4) is 11.5 Å². The van der Waals surface area contributed by atoms with Crippen molar-refractivity contribution in [2.75, 3.05) is 13.7 Å². The van der Waals surface area contributed by atoms with Crippen LogP contribution in [0.3, 0.4) is 0 Å². The van der Waals surface area contributed by atoms with E-state index in [1.807, 2.05) is 66.7 Å². The third kappa shape index (κ3) is 4.62. The summed E-state index contributed by atoms with van der Waals surface area (Å²) in [5.74, 6) is 0.0213. The first kappa shape index (κ1) is 26.3. The number of methoxy groups -OCH3 is 1. The summed E-state index contributed by atoms with van der Waals surface area (Å²) in [5, 5.41) is 12.2. The number of aromatic nitrogens is 1. The Balaban J connectivity index is 1.76. The maximum Gasteiger partial charge on any atom is 0.338 e. The van der Waals surface area contributed by atoms with Crippen LogP contribution >= 0.6 is 11.3 Å². The second kappa shape index (κ2) is 10.9. The van der Waals surface area contributed by atoms with Crippen LogP contribution in [0.5, 0.6) is 11.5 Å². The van der Waals surface area contributed by atoms with E-state index in [1.165, 1.54) is 11.3 Å². The predicted molar refractivity (Wildman–Crippen MR) is 160 cm³/mol. The Kier molecular flexibility index (Phi) is 6.99. The number of aromatic hydroxyl groups is 1. The van der Waals surface area contributed by atoms with E-state index < -0.39 is 12.0 Å². The van der Waals surface area contributed by atoms with E-state index >= 15 is 0 Å². The molecule has 6 rings (SSSR count). The average Bonchev–Trinajstić information content (AvgIpc) is 3.31. The maximum atomic E-state index is 14.2. The number of fused-ring (bicyclic) bond motifs is 2. The number of esters is 1. The van der Waals surface area contributed by atoms with Crippen LogP contribution in [0.1, 0.15) is 29.7 Å². The largest absolute Gasteiger partial charge is 0.507 e. The van der Waals surface area contributed by atoms with Crippen LogP contribution in [0, 0.1) is 0 Å². The Morgan fingerprint density at radius 2 is 1.73 bits per heavy atom. The van der Waals surface area contributed by atoms with E-state index in [0.29, 0.717) is 31.9 Å². The molecule has 5 aromatic rings. The van der Waals surface area contributed by atoms with Gasteiger partial charge >= 0.3 is 5.97 Å². The number of nitrogens with zero attached hydrogens (tertiary/aromatic N) is 2. The Hall–Kier alpha value is -4.95. The highest BCUT2D eigenvalue weighted by Gasteiger charge is 2.37. The Morgan fingerprint density at radius 3 is 2.49 bits per heavy atom. The van der Waals surface area contributed by atoms with E-state index in [9.17, 15) is 14.7 Å². The summed E-state index contributed by atoms with van der Waals surface area (Å²) in [4.78, 5) is 33.3. The monoisotopic (exact) mass is 562 g/mol. The SMILES string of the molecule is CCOC(=O)C1=C(c2ccccc2)N=c2s/c(=C/c3ccccc3O)c(=O)n2C1c1c(OC)ccc2ccccc12. The first-order valence-electron chi connectivity index (χ1n) is 13.1. The molecular weight excluding hydrogens is 536 g/mol. The highest BCUT2D eigenvalue weighted by Crippen LogP contribution is 2.42. The minimum Gasteiger partial charge on any atom is -0.507 e. The van der Waals surface area contributed by atoms with Gasteiger partial charge in [-0.25, -0.2) is 9.79 Å². The van der Waals surface area contributed by atoms with Gasteiger partial charge < -0.3 is 14.6 Å². The molecule has 0 radical (unpaired) electrons. The lowest BCUT2D eigenvalue weighted by Gasteiger charge is -2.28. The smallest absolute Gasteiger partial charge is 0.338 e. The van der Waals surface area contributed by atoms with Gasteiger partial charge in [-0.1, -0.05) is 90.2 Å². The number of carbonyl (C=O) groups is 1. The third-order valence-electron chi connectivity index (χ3n) is 7.02. The molecule has 2 heterocycles. The van der Waals surface area contributed by atoms with Crippen LogP contribution in [0.4, 0.5) is 0 Å². The zero-order valence-electron chi connectivity index (χ0n) is 22.4. The van der Waals surface area contributed by atoms with E-state index in [-0.39, 0.29) is 23.5 Å². The number of para-hydroxylation sites is 1. The number of benzene rings is 4. The molecule has 0 saturated carbocycles. The molecule has 0 amide bonds. The van der Waals surface area contributed by atoms with Crippen LogP contribution in [0.2, 0.25) is 0 Å². The lowest BCUT2D eigenvalue weighted by molar-refractivity contribution is -0.138. The Labute approximate surface area is 239 Å². The van der Waals surface area contributed by atoms with Crippen LogP contribution in [-0.2, 0) is 9.53 Å². The zero-order chi connectivity index (χ0) is 28.5. The van der Waals surface area contributed by atoms with Crippen LogP contribution < -0.4 is 19.6 Å². The number of phenolic OH excluding ortho intramolecular Hbond substituents is 1. The fourth-order valence-electron chi connectivity index (χ4n) is 5.20. The summed E-state index contributed by atoms with van der Waals surface area (Å²) in [6.45, 7) is 1.90. The van der Waals surface area contributed by atoms with Crippen LogP contribution in [-0.4, -0.2) is 29.4 Å². The summed E-state index contributed by atoms with van der Waals surface area (Å²) >= 11 is 1.20. The lowest BCUT2D eigenvalue weighted by atomic mass is 9.89. The van der Waals surface area contributed by atoms with E-state index in [1.54, 1.807) is 48.9 Å². The Bertz CT molecular complexity index is 2010. The molecule has 8 heteroatoms. The third-order valence-corrected chi connectivity index (χ3v) is 8.00. The highest BCUT2D eigenvalue weighted by atomic mass is 32.1. The van der Waals surface area contributed by atoms with Crippen molar-refractivity contribution >= 4 is 39.9 Å². The second-order valence-corrected chi connectivity index (χ2v) is 10.4. The number of hydrogen-bond donors (Lipinski definition) is 1. The minimum absolute atomic E-state index is 0.0581. The van der Waals surface area contributed by atoms with Gasteiger partial charge in [0.15, 0.2) is 4.80 Å². The van der Waals surface area contributed by atoms with E-state index in [0.717, 1.165) is 16.3 Å². The fourth-order valence-corrected chi connectivity index (χ4v) is 6.19. The molecular formula is C33H26N2O5S. The molecule has 1 unspecified atom stereocenters. The normalized spacial score (nSPS) is 15.0. The van der Waals surface area contributed by atoms with Gasteiger partial charge in [0, 0.05) is 16.7 Å². The van der Waals surface area contributed by atoms with E-state index in [2.05, 4.69) is 0 Å². The van der Waals surface area contributed by atoms with Crippen molar-refractivity contribution in [1.82, 2.24) is 4.57 Å². The molecule has 1 aliphatic heterocycles. The van der Waals surface area contributed by atoms with Gasteiger partial charge in [-0.15, -0.1) is 0 Å². The van der Waals surface area contributed by atoms with Crippen molar-refractivity contribution in [2.24, 2.45) is 4.99 Å². The molecule has 0 fully saturated rings. The van der Waals surface area contributed by atoms with Gasteiger partial charge in [-0.2, -0.15) is 0 Å². The molecule has 0 spiro atoms. The van der Waals surface area contributed by atoms with E-state index in [4.69, 9.17) is 14.5 Å². The number of carbonyl (C=O) groups excluding carboxylic acids is 1. The molecule has 0 bridgehead atoms. The van der Waals surface area contributed by atoms with Crippen molar-refractivity contribution in [3.05, 3.63) is 133 Å². The number of thiazole rings is 1.